The smallest absolute Gasteiger partial charge is 0.416 e. The number of carbonyl (C=O) groups is 2. The molecular weight excluding hydrogens is 459 g/mol. The summed E-state index contributed by atoms with van der Waals surface area (Å²) in [5.74, 6) is -0.603. The molecule has 1 atom stereocenters. The van der Waals surface area contributed by atoms with E-state index in [1.165, 1.54) is 35.0 Å². The number of anilines is 2. The van der Waals surface area contributed by atoms with Gasteiger partial charge in [0, 0.05) is 18.3 Å². The van der Waals surface area contributed by atoms with E-state index in [9.17, 15) is 22.8 Å². The van der Waals surface area contributed by atoms with Crippen molar-refractivity contribution < 1.29 is 27.5 Å². The second-order valence-electron chi connectivity index (χ2n) is 7.18. The molecular formula is C21H20F3N5O3S. The lowest BCUT2D eigenvalue weighted by atomic mass is 10.1. The minimum atomic E-state index is -4.48. The van der Waals surface area contributed by atoms with Gasteiger partial charge in [0.2, 0.25) is 5.88 Å². The Morgan fingerprint density at radius 2 is 1.88 bits per heavy atom. The predicted octanol–water partition coefficient (Wildman–Crippen LogP) is 3.89. The minimum Gasteiger partial charge on any atom is -0.481 e. The molecule has 2 amide bonds. The molecule has 8 nitrogen and oxygen atoms in total. The largest absolute Gasteiger partial charge is 0.481 e. The maximum Gasteiger partial charge on any atom is 0.416 e. The Morgan fingerprint density at radius 1 is 1.18 bits per heavy atom. The van der Waals surface area contributed by atoms with Crippen molar-refractivity contribution in [3.8, 4) is 5.88 Å². The first kappa shape index (κ1) is 24.1. The van der Waals surface area contributed by atoms with Gasteiger partial charge in [-0.05, 0) is 37.3 Å². The van der Waals surface area contributed by atoms with E-state index in [0.717, 1.165) is 12.1 Å². The summed E-state index contributed by atoms with van der Waals surface area (Å²) in [6, 6.07) is 8.83. The van der Waals surface area contributed by atoms with E-state index in [1.54, 1.807) is 25.1 Å². The molecule has 3 heterocycles. The van der Waals surface area contributed by atoms with Crippen molar-refractivity contribution in [2.75, 3.05) is 23.9 Å². The topological polar surface area (TPSA) is 89.3 Å². The molecule has 0 saturated heterocycles. The average molecular weight is 479 g/mol. The summed E-state index contributed by atoms with van der Waals surface area (Å²) in [5.41, 5.74) is -0.440. The molecule has 0 radical (unpaired) electrons. The second-order valence-corrected chi connectivity index (χ2v) is 7.18. The average Bonchev–Trinajstić information content (AvgIpc) is 3.22. The lowest BCUT2D eigenvalue weighted by Crippen LogP contribution is -2.43. The predicted molar refractivity (Wildman–Crippen MR) is 119 cm³/mol. The number of hydrogen-bond donors (Lipinski definition) is 1. The second kappa shape index (κ2) is 9.14. The Bertz CT molecular complexity index is 1180. The number of aromatic nitrogens is 3. The van der Waals surface area contributed by atoms with Gasteiger partial charge in [-0.3, -0.25) is 14.3 Å². The zero-order valence-corrected chi connectivity index (χ0v) is 18.6. The Balaban J connectivity index is 0.00000306. The van der Waals surface area contributed by atoms with Gasteiger partial charge in [-0.15, -0.1) is 0 Å². The quantitative estimate of drug-likeness (QED) is 0.613. The molecule has 2 aromatic heterocycles. The first-order valence-electron chi connectivity index (χ1n) is 9.58. The number of nitrogens with one attached hydrogen (secondary N) is 1. The zero-order chi connectivity index (χ0) is 23.0. The molecule has 0 bridgehead atoms. The highest BCUT2D eigenvalue weighted by Crippen LogP contribution is 2.33. The van der Waals surface area contributed by atoms with Crippen LogP contribution in [0.4, 0.5) is 24.7 Å². The van der Waals surface area contributed by atoms with Crippen LogP contribution in [0.3, 0.4) is 0 Å². The Hall–Kier alpha value is -3.54. The minimum absolute atomic E-state index is 0. The fourth-order valence-electron chi connectivity index (χ4n) is 3.46. The molecule has 0 unspecified atom stereocenters. The first-order chi connectivity index (χ1) is 15.2. The molecule has 1 N–H and O–H groups in total. The third-order valence-corrected chi connectivity index (χ3v) is 5.03. The third kappa shape index (κ3) is 4.65. The van der Waals surface area contributed by atoms with Crippen LogP contribution in [-0.2, 0) is 6.18 Å². The number of alkyl halides is 3. The van der Waals surface area contributed by atoms with E-state index >= 15 is 0 Å². The molecule has 1 aliphatic heterocycles. The van der Waals surface area contributed by atoms with Crippen molar-refractivity contribution in [1.29, 1.82) is 0 Å². The Morgan fingerprint density at radius 3 is 2.52 bits per heavy atom. The van der Waals surface area contributed by atoms with Crippen LogP contribution >= 0.6 is 13.5 Å². The van der Waals surface area contributed by atoms with Gasteiger partial charge in [-0.25, -0.2) is 0 Å². The van der Waals surface area contributed by atoms with Crippen molar-refractivity contribution in [3.63, 3.8) is 0 Å². The molecule has 4 rings (SSSR count). The maximum absolute atomic E-state index is 13.2. The summed E-state index contributed by atoms with van der Waals surface area (Å²) in [6.45, 7) is 1.99. The Labute approximate surface area is 193 Å². The fraction of sp³-hybridized carbons (Fsp3) is 0.238. The molecule has 0 saturated carbocycles. The van der Waals surface area contributed by atoms with Crippen LogP contribution < -0.4 is 15.0 Å². The number of halogens is 3. The highest BCUT2D eigenvalue weighted by atomic mass is 32.1. The SMILES string of the molecule is COc1cccc(NC(=O)c2cnn3c2C(=O)N(c2ccc(C(F)(F)F)cc2)C[C@@H]3C)n1.S. The number of pyridine rings is 1. The zero-order valence-electron chi connectivity index (χ0n) is 17.6. The third-order valence-electron chi connectivity index (χ3n) is 5.03. The highest BCUT2D eigenvalue weighted by molar-refractivity contribution is 7.59. The molecule has 33 heavy (non-hydrogen) atoms. The van der Waals surface area contributed by atoms with E-state index in [-0.39, 0.29) is 43.2 Å². The number of amides is 2. The van der Waals surface area contributed by atoms with Crippen molar-refractivity contribution in [3.05, 3.63) is 65.5 Å². The van der Waals surface area contributed by atoms with E-state index < -0.39 is 23.6 Å². The van der Waals surface area contributed by atoms with Crippen LogP contribution in [0, 0.1) is 0 Å². The van der Waals surface area contributed by atoms with Gasteiger partial charge in [-0.1, -0.05) is 6.07 Å². The maximum atomic E-state index is 13.2. The summed E-state index contributed by atoms with van der Waals surface area (Å²) in [5, 5.41) is 6.78. The van der Waals surface area contributed by atoms with E-state index in [4.69, 9.17) is 4.74 Å². The number of methoxy groups -OCH3 is 1. The van der Waals surface area contributed by atoms with Crippen LogP contribution in [-0.4, -0.2) is 40.2 Å². The van der Waals surface area contributed by atoms with Crippen molar-refractivity contribution in [2.24, 2.45) is 0 Å². The molecule has 1 aliphatic rings. The number of ether oxygens (including phenoxy) is 1. The molecule has 3 aromatic rings. The number of rotatable bonds is 4. The lowest BCUT2D eigenvalue weighted by Gasteiger charge is -2.32. The number of hydrogen-bond acceptors (Lipinski definition) is 5. The Kier molecular flexibility index (Phi) is 6.68. The lowest BCUT2D eigenvalue weighted by molar-refractivity contribution is -0.137. The molecule has 0 spiro atoms. The molecule has 0 fully saturated rings. The van der Waals surface area contributed by atoms with Crippen LogP contribution in [0.25, 0.3) is 0 Å². The number of carbonyl (C=O) groups excluding carboxylic acids is 2. The molecule has 174 valence electrons. The van der Waals surface area contributed by atoms with Gasteiger partial charge in [0.05, 0.1) is 30.5 Å². The van der Waals surface area contributed by atoms with Gasteiger partial charge in [0.1, 0.15) is 11.5 Å². The van der Waals surface area contributed by atoms with E-state index in [1.807, 2.05) is 0 Å². The van der Waals surface area contributed by atoms with Crippen LogP contribution in [0.1, 0.15) is 39.4 Å². The summed E-state index contributed by atoms with van der Waals surface area (Å²) < 4.78 is 45.1. The van der Waals surface area contributed by atoms with Crippen LogP contribution in [0.15, 0.2) is 48.7 Å². The number of nitrogens with zero attached hydrogens (tertiary/aromatic N) is 4. The molecule has 0 aliphatic carbocycles. The van der Waals surface area contributed by atoms with E-state index in [0.29, 0.717) is 11.6 Å². The normalized spacial score (nSPS) is 15.5. The van der Waals surface area contributed by atoms with Gasteiger partial charge < -0.3 is 15.0 Å². The van der Waals surface area contributed by atoms with Gasteiger partial charge in [-0.2, -0.15) is 36.7 Å². The number of fused-ring (bicyclic) bond motifs is 1. The van der Waals surface area contributed by atoms with Crippen LogP contribution in [0.5, 0.6) is 5.88 Å². The summed E-state index contributed by atoms with van der Waals surface area (Å²) >= 11 is 0. The standard InChI is InChI=1S/C21H18F3N5O3.H2S/c1-12-11-28(14-8-6-13(7-9-14)21(22,23)24)20(31)18-15(10-25-29(12)18)19(30)27-16-4-3-5-17(26-16)32-2;/h3-10,12H,11H2,1-2H3,(H,26,27,30);1H2/t12-;/m0./s1. The summed E-state index contributed by atoms with van der Waals surface area (Å²) in [7, 11) is 1.44. The summed E-state index contributed by atoms with van der Waals surface area (Å²) in [6.07, 6.45) is -3.19. The number of benzene rings is 1. The molecule has 1 aromatic carbocycles. The van der Waals surface area contributed by atoms with Crippen LogP contribution in [0.2, 0.25) is 0 Å². The first-order valence-corrected chi connectivity index (χ1v) is 9.58. The molecule has 12 heteroatoms. The highest BCUT2D eigenvalue weighted by Gasteiger charge is 2.36. The van der Waals surface area contributed by atoms with Gasteiger partial charge in [0.25, 0.3) is 11.8 Å². The summed E-state index contributed by atoms with van der Waals surface area (Å²) in [4.78, 5) is 31.5. The fourth-order valence-corrected chi connectivity index (χ4v) is 3.46. The van der Waals surface area contributed by atoms with Crippen molar-refractivity contribution in [1.82, 2.24) is 14.8 Å². The van der Waals surface area contributed by atoms with Crippen molar-refractivity contribution >= 4 is 36.8 Å². The van der Waals surface area contributed by atoms with Crippen molar-refractivity contribution in [2.45, 2.75) is 19.1 Å². The van der Waals surface area contributed by atoms with Gasteiger partial charge in [0.15, 0.2) is 0 Å². The van der Waals surface area contributed by atoms with E-state index in [2.05, 4.69) is 15.4 Å². The monoisotopic (exact) mass is 479 g/mol. The van der Waals surface area contributed by atoms with Gasteiger partial charge >= 0.3 is 6.18 Å².